The fourth-order valence-corrected chi connectivity index (χ4v) is 2.72. The van der Waals surface area contributed by atoms with Crippen LogP contribution in [-0.2, 0) is 0 Å². The van der Waals surface area contributed by atoms with Gasteiger partial charge in [-0.15, -0.1) is 12.4 Å². The van der Waals surface area contributed by atoms with E-state index in [0.717, 1.165) is 21.0 Å². The van der Waals surface area contributed by atoms with Crippen LogP contribution in [0.3, 0.4) is 0 Å². The van der Waals surface area contributed by atoms with Gasteiger partial charge in [0.15, 0.2) is 5.13 Å². The van der Waals surface area contributed by atoms with Crippen LogP contribution in [0, 0.1) is 0 Å². The third kappa shape index (κ3) is 3.40. The van der Waals surface area contributed by atoms with Crippen molar-refractivity contribution in [2.75, 3.05) is 5.32 Å². The van der Waals surface area contributed by atoms with E-state index < -0.39 is 0 Å². The van der Waals surface area contributed by atoms with Crippen molar-refractivity contribution in [2.24, 2.45) is 0 Å². The highest BCUT2D eigenvalue weighted by atomic mass is 35.5. The van der Waals surface area contributed by atoms with E-state index in [9.17, 15) is 4.79 Å². The Morgan fingerprint density at radius 2 is 2.00 bits per heavy atom. The highest BCUT2D eigenvalue weighted by Crippen LogP contribution is 2.26. The van der Waals surface area contributed by atoms with Crippen molar-refractivity contribution in [3.05, 3.63) is 46.4 Å². The third-order valence-electron chi connectivity index (χ3n) is 2.87. The Bertz CT molecular complexity index is 779. The topological polar surface area (TPSA) is 70.7 Å². The van der Waals surface area contributed by atoms with Crippen LogP contribution in [0.1, 0.15) is 25.5 Å². The van der Waals surface area contributed by atoms with E-state index >= 15 is 0 Å². The highest BCUT2D eigenvalue weighted by Gasteiger charge is 2.08. The second kappa shape index (κ2) is 6.24. The SMILES string of the molecule is CC(C)c1cc(=O)[nH]c(Nc2nc3ccccc3s2)n1.Cl. The number of aromatic amines is 1. The van der Waals surface area contributed by atoms with Crippen molar-refractivity contribution in [2.45, 2.75) is 19.8 Å². The number of para-hydroxylation sites is 1. The van der Waals surface area contributed by atoms with Gasteiger partial charge < -0.3 is 5.32 Å². The largest absolute Gasteiger partial charge is 0.302 e. The van der Waals surface area contributed by atoms with Crippen LogP contribution >= 0.6 is 23.7 Å². The molecule has 0 fully saturated rings. The van der Waals surface area contributed by atoms with E-state index in [1.54, 1.807) is 0 Å². The first kappa shape index (κ1) is 15.5. The number of hydrogen-bond acceptors (Lipinski definition) is 5. The lowest BCUT2D eigenvalue weighted by molar-refractivity contribution is 0.812. The van der Waals surface area contributed by atoms with Crippen LogP contribution in [0.25, 0.3) is 10.2 Å². The molecule has 0 unspecified atom stereocenters. The quantitative estimate of drug-likeness (QED) is 0.772. The van der Waals surface area contributed by atoms with Crippen LogP contribution in [0.4, 0.5) is 11.1 Å². The lowest BCUT2D eigenvalue weighted by Crippen LogP contribution is -2.12. The fourth-order valence-electron chi connectivity index (χ4n) is 1.86. The van der Waals surface area contributed by atoms with Crippen LogP contribution in [0.5, 0.6) is 0 Å². The average Bonchev–Trinajstić information content (AvgIpc) is 2.79. The molecule has 3 rings (SSSR count). The van der Waals surface area contributed by atoms with Crippen molar-refractivity contribution >= 4 is 45.0 Å². The molecule has 0 amide bonds. The van der Waals surface area contributed by atoms with Gasteiger partial charge in [0, 0.05) is 6.07 Å². The summed E-state index contributed by atoms with van der Waals surface area (Å²) in [6.45, 7) is 4.01. The van der Waals surface area contributed by atoms with Crippen molar-refractivity contribution in [3.63, 3.8) is 0 Å². The molecule has 0 radical (unpaired) electrons. The monoisotopic (exact) mass is 322 g/mol. The molecule has 110 valence electrons. The van der Waals surface area contributed by atoms with E-state index in [-0.39, 0.29) is 23.9 Å². The number of thiazole rings is 1. The van der Waals surface area contributed by atoms with Gasteiger partial charge in [0.2, 0.25) is 5.95 Å². The highest BCUT2D eigenvalue weighted by molar-refractivity contribution is 7.22. The molecule has 0 saturated carbocycles. The minimum absolute atomic E-state index is 0. The number of fused-ring (bicyclic) bond motifs is 1. The maximum absolute atomic E-state index is 11.6. The predicted molar refractivity (Wildman–Crippen MR) is 89.1 cm³/mol. The van der Waals surface area contributed by atoms with E-state index in [0.29, 0.717) is 5.95 Å². The molecule has 5 nitrogen and oxygen atoms in total. The molecule has 0 bridgehead atoms. The zero-order valence-corrected chi connectivity index (χ0v) is 13.2. The summed E-state index contributed by atoms with van der Waals surface area (Å²) in [5, 5.41) is 3.79. The molecule has 0 saturated heterocycles. The summed E-state index contributed by atoms with van der Waals surface area (Å²) in [5.41, 5.74) is 1.53. The van der Waals surface area contributed by atoms with Gasteiger partial charge in [0.25, 0.3) is 5.56 Å². The first-order valence-electron chi connectivity index (χ1n) is 6.35. The first-order chi connectivity index (χ1) is 9.61. The van der Waals surface area contributed by atoms with Gasteiger partial charge in [-0.05, 0) is 18.1 Å². The summed E-state index contributed by atoms with van der Waals surface area (Å²) >= 11 is 1.53. The normalized spacial score (nSPS) is 10.6. The van der Waals surface area contributed by atoms with Gasteiger partial charge in [-0.2, -0.15) is 0 Å². The van der Waals surface area contributed by atoms with Gasteiger partial charge in [-0.3, -0.25) is 9.78 Å². The number of benzene rings is 1. The summed E-state index contributed by atoms with van der Waals surface area (Å²) in [7, 11) is 0. The Balaban J connectivity index is 0.00000161. The van der Waals surface area contributed by atoms with Crippen molar-refractivity contribution < 1.29 is 0 Å². The minimum atomic E-state index is -0.160. The smallest absolute Gasteiger partial charge is 0.252 e. The zero-order chi connectivity index (χ0) is 14.1. The van der Waals surface area contributed by atoms with Crippen LogP contribution in [0.15, 0.2) is 35.1 Å². The Morgan fingerprint density at radius 3 is 2.71 bits per heavy atom. The second-order valence-electron chi connectivity index (χ2n) is 4.79. The molecular weight excluding hydrogens is 308 g/mol. The molecule has 2 N–H and O–H groups in total. The second-order valence-corrected chi connectivity index (χ2v) is 5.82. The van der Waals surface area contributed by atoms with E-state index in [1.165, 1.54) is 17.4 Å². The maximum atomic E-state index is 11.6. The average molecular weight is 323 g/mol. The number of H-pyrrole nitrogens is 1. The summed E-state index contributed by atoms with van der Waals surface area (Å²) in [5.74, 6) is 0.633. The number of hydrogen-bond donors (Lipinski definition) is 2. The zero-order valence-electron chi connectivity index (χ0n) is 11.6. The maximum Gasteiger partial charge on any atom is 0.252 e. The number of nitrogens with zero attached hydrogens (tertiary/aromatic N) is 2. The van der Waals surface area contributed by atoms with Gasteiger partial charge in [-0.25, -0.2) is 9.97 Å². The Morgan fingerprint density at radius 1 is 1.24 bits per heavy atom. The minimum Gasteiger partial charge on any atom is -0.302 e. The standard InChI is InChI=1S/C14H14N4OS.ClH/c1-8(2)10-7-12(19)17-13(15-10)18-14-16-9-5-3-4-6-11(9)20-14;/h3-8H,1-2H3,(H2,15,16,17,18,19);1H. The molecule has 7 heteroatoms. The molecule has 0 spiro atoms. The van der Waals surface area contributed by atoms with Gasteiger partial charge in [0.05, 0.1) is 15.9 Å². The molecule has 2 aromatic heterocycles. The molecule has 2 heterocycles. The van der Waals surface area contributed by atoms with Crippen molar-refractivity contribution in [3.8, 4) is 0 Å². The number of anilines is 2. The lowest BCUT2D eigenvalue weighted by Gasteiger charge is -2.06. The first-order valence-corrected chi connectivity index (χ1v) is 7.17. The van der Waals surface area contributed by atoms with Crippen LogP contribution < -0.4 is 10.9 Å². The van der Waals surface area contributed by atoms with Gasteiger partial charge in [0.1, 0.15) is 0 Å². The van der Waals surface area contributed by atoms with Crippen LogP contribution in [0.2, 0.25) is 0 Å². The van der Waals surface area contributed by atoms with E-state index in [4.69, 9.17) is 0 Å². The molecule has 0 aliphatic heterocycles. The van der Waals surface area contributed by atoms with Crippen molar-refractivity contribution in [1.29, 1.82) is 0 Å². The predicted octanol–water partition coefficient (Wildman–Crippen LogP) is 3.67. The summed E-state index contributed by atoms with van der Waals surface area (Å²) in [6, 6.07) is 9.42. The van der Waals surface area contributed by atoms with Gasteiger partial charge >= 0.3 is 0 Å². The molecule has 0 aliphatic carbocycles. The number of nitrogens with one attached hydrogen (secondary N) is 2. The number of aromatic nitrogens is 3. The van der Waals surface area contributed by atoms with Crippen molar-refractivity contribution in [1.82, 2.24) is 15.0 Å². The number of halogens is 1. The molecular formula is C14H15ClN4OS. The Labute approximate surface area is 131 Å². The number of rotatable bonds is 3. The Hall–Kier alpha value is -1.92. The third-order valence-corrected chi connectivity index (χ3v) is 3.82. The van der Waals surface area contributed by atoms with E-state index in [2.05, 4.69) is 20.3 Å². The molecule has 0 aliphatic rings. The fraction of sp³-hybridized carbons (Fsp3) is 0.214. The summed E-state index contributed by atoms with van der Waals surface area (Å²) in [4.78, 5) is 23.2. The summed E-state index contributed by atoms with van der Waals surface area (Å²) < 4.78 is 1.09. The molecule has 0 atom stereocenters. The lowest BCUT2D eigenvalue weighted by atomic mass is 10.1. The van der Waals surface area contributed by atoms with E-state index in [1.807, 2.05) is 38.1 Å². The molecule has 21 heavy (non-hydrogen) atoms. The van der Waals surface area contributed by atoms with Gasteiger partial charge in [-0.1, -0.05) is 37.3 Å². The summed E-state index contributed by atoms with van der Waals surface area (Å²) in [6.07, 6.45) is 0. The molecule has 3 aromatic rings. The van der Waals surface area contributed by atoms with Crippen LogP contribution in [-0.4, -0.2) is 15.0 Å². The Kier molecular flexibility index (Phi) is 4.59. The molecule has 1 aromatic carbocycles.